The molecular formula is C18H32N2O4. The number of nitrogens with one attached hydrogen (secondary N) is 2. The van der Waals surface area contributed by atoms with Crippen LogP contribution in [0.1, 0.15) is 51.4 Å². The van der Waals surface area contributed by atoms with Crippen LogP contribution in [0.2, 0.25) is 0 Å². The maximum atomic E-state index is 6.11. The van der Waals surface area contributed by atoms with Crippen LogP contribution in [0, 0.1) is 0 Å². The average Bonchev–Trinajstić information content (AvgIpc) is 3.37. The predicted molar refractivity (Wildman–Crippen MR) is 89.8 cm³/mol. The summed E-state index contributed by atoms with van der Waals surface area (Å²) in [5, 5.41) is 6.94. The van der Waals surface area contributed by atoms with Gasteiger partial charge in [-0.15, -0.1) is 0 Å². The highest BCUT2D eigenvalue weighted by Crippen LogP contribution is 2.39. The molecule has 0 bridgehead atoms. The lowest BCUT2D eigenvalue weighted by atomic mass is 10.2. The Hall–Kier alpha value is -0.240. The summed E-state index contributed by atoms with van der Waals surface area (Å²) in [7, 11) is 0. The quantitative estimate of drug-likeness (QED) is 0.686. The van der Waals surface area contributed by atoms with Crippen molar-refractivity contribution in [2.45, 2.75) is 75.1 Å². The molecule has 4 fully saturated rings. The highest BCUT2D eigenvalue weighted by molar-refractivity contribution is 4.85. The molecule has 4 aliphatic rings. The van der Waals surface area contributed by atoms with E-state index in [0.717, 1.165) is 65.1 Å². The van der Waals surface area contributed by atoms with Crippen LogP contribution in [0.15, 0.2) is 0 Å². The minimum Gasteiger partial charge on any atom is -0.347 e. The smallest absolute Gasteiger partial charge is 0.168 e. The van der Waals surface area contributed by atoms with Gasteiger partial charge < -0.3 is 29.6 Å². The molecule has 2 N–H and O–H groups in total. The van der Waals surface area contributed by atoms with Gasteiger partial charge in [0, 0.05) is 51.9 Å². The van der Waals surface area contributed by atoms with Gasteiger partial charge in [-0.2, -0.15) is 0 Å². The highest BCUT2D eigenvalue weighted by atomic mass is 16.7. The summed E-state index contributed by atoms with van der Waals surface area (Å²) in [6.07, 6.45) is 9.61. The van der Waals surface area contributed by atoms with Gasteiger partial charge in [0.2, 0.25) is 0 Å². The summed E-state index contributed by atoms with van der Waals surface area (Å²) in [5.41, 5.74) is 0. The van der Waals surface area contributed by atoms with Crippen LogP contribution in [-0.2, 0) is 18.9 Å². The van der Waals surface area contributed by atoms with Crippen LogP contribution < -0.4 is 10.6 Å². The van der Waals surface area contributed by atoms with Gasteiger partial charge in [-0.1, -0.05) is 0 Å². The molecule has 6 nitrogen and oxygen atoms in total. The third-order valence-corrected chi connectivity index (χ3v) is 5.78. The Morgan fingerprint density at radius 1 is 0.667 bits per heavy atom. The van der Waals surface area contributed by atoms with Gasteiger partial charge in [0.15, 0.2) is 11.6 Å². The lowest BCUT2D eigenvalue weighted by molar-refractivity contribution is -0.161. The van der Waals surface area contributed by atoms with E-state index in [-0.39, 0.29) is 23.8 Å². The number of rotatable bonds is 7. The third-order valence-electron chi connectivity index (χ3n) is 5.78. The zero-order chi connectivity index (χ0) is 16.3. The van der Waals surface area contributed by atoms with Gasteiger partial charge in [0.1, 0.15) is 0 Å². The molecule has 0 unspecified atom stereocenters. The molecule has 2 aliphatic carbocycles. The molecule has 0 aromatic rings. The maximum Gasteiger partial charge on any atom is 0.168 e. The zero-order valence-corrected chi connectivity index (χ0v) is 14.7. The predicted octanol–water partition coefficient (Wildman–Crippen LogP) is 1.54. The lowest BCUT2D eigenvalue weighted by Gasteiger charge is -2.22. The van der Waals surface area contributed by atoms with Crippen molar-refractivity contribution in [3.8, 4) is 0 Å². The van der Waals surface area contributed by atoms with Gasteiger partial charge in [0.25, 0.3) is 0 Å². The summed E-state index contributed by atoms with van der Waals surface area (Å²) in [4.78, 5) is 0. The van der Waals surface area contributed by atoms with Crippen molar-refractivity contribution in [3.63, 3.8) is 0 Å². The van der Waals surface area contributed by atoms with Crippen molar-refractivity contribution in [2.75, 3.05) is 39.4 Å². The summed E-state index contributed by atoms with van der Waals surface area (Å²) >= 11 is 0. The molecule has 0 radical (unpaired) electrons. The Bertz CT molecular complexity index is 370. The second kappa shape index (κ2) is 7.56. The molecule has 6 heteroatoms. The molecule has 0 amide bonds. The van der Waals surface area contributed by atoms with Crippen molar-refractivity contribution in [1.82, 2.24) is 10.6 Å². The van der Waals surface area contributed by atoms with Crippen LogP contribution in [0.5, 0.6) is 0 Å². The van der Waals surface area contributed by atoms with E-state index in [0.29, 0.717) is 0 Å². The number of hydrogen-bond acceptors (Lipinski definition) is 6. The van der Waals surface area contributed by atoms with E-state index in [4.69, 9.17) is 18.9 Å². The zero-order valence-electron chi connectivity index (χ0n) is 14.7. The fourth-order valence-corrected chi connectivity index (χ4v) is 4.49. The molecule has 2 saturated heterocycles. The minimum atomic E-state index is -0.236. The van der Waals surface area contributed by atoms with Crippen LogP contribution >= 0.6 is 0 Å². The largest absolute Gasteiger partial charge is 0.347 e. The Labute approximate surface area is 144 Å². The molecule has 24 heavy (non-hydrogen) atoms. The van der Waals surface area contributed by atoms with E-state index < -0.39 is 0 Å². The third kappa shape index (κ3) is 3.94. The van der Waals surface area contributed by atoms with E-state index in [2.05, 4.69) is 10.6 Å². The van der Waals surface area contributed by atoms with Crippen LogP contribution in [0.25, 0.3) is 0 Å². The van der Waals surface area contributed by atoms with E-state index >= 15 is 0 Å². The first-order valence-electron chi connectivity index (χ1n) is 9.83. The Morgan fingerprint density at radius 3 is 1.50 bits per heavy atom. The summed E-state index contributed by atoms with van der Waals surface area (Å²) in [6, 6.07) is 0. The van der Waals surface area contributed by atoms with Crippen LogP contribution in [-0.4, -0.2) is 63.2 Å². The molecule has 2 aliphatic heterocycles. The van der Waals surface area contributed by atoms with Crippen molar-refractivity contribution >= 4 is 0 Å². The Kier molecular flexibility index (Phi) is 5.41. The van der Waals surface area contributed by atoms with Crippen molar-refractivity contribution in [3.05, 3.63) is 0 Å². The Balaban J connectivity index is 1.04. The second-order valence-electron chi connectivity index (χ2n) is 7.75. The van der Waals surface area contributed by atoms with Gasteiger partial charge >= 0.3 is 0 Å². The summed E-state index contributed by atoms with van der Waals surface area (Å²) in [5.74, 6) is -0.471. The normalized spacial score (nSPS) is 34.0. The first kappa shape index (κ1) is 17.2. The maximum absolute atomic E-state index is 6.11. The van der Waals surface area contributed by atoms with Crippen LogP contribution in [0.3, 0.4) is 0 Å². The van der Waals surface area contributed by atoms with E-state index in [9.17, 15) is 0 Å². The van der Waals surface area contributed by atoms with Crippen molar-refractivity contribution in [2.24, 2.45) is 0 Å². The molecule has 138 valence electrons. The fraction of sp³-hybridized carbons (Fsp3) is 1.00. The average molecular weight is 340 g/mol. The first-order valence-corrected chi connectivity index (χ1v) is 9.83. The van der Waals surface area contributed by atoms with Crippen LogP contribution in [0.4, 0.5) is 0 Å². The van der Waals surface area contributed by atoms with Gasteiger partial charge in [-0.25, -0.2) is 0 Å². The molecular weight excluding hydrogens is 308 g/mol. The number of hydrogen-bond donors (Lipinski definition) is 2. The fourth-order valence-electron chi connectivity index (χ4n) is 4.49. The Morgan fingerprint density at radius 2 is 1.08 bits per heavy atom. The van der Waals surface area contributed by atoms with E-state index in [1.807, 2.05) is 0 Å². The standard InChI is InChI=1S/C18H32N2O4/c1-2-6-17(5-1)21-13-15(23-17)11-19-9-10-20-12-16-14-22-18(24-16)7-3-4-8-18/h15-16,19-20H,1-14H2/t15-,16-/m0/s1. The molecule has 0 aromatic carbocycles. The highest BCUT2D eigenvalue weighted by Gasteiger charge is 2.44. The molecule has 2 heterocycles. The van der Waals surface area contributed by atoms with E-state index in [1.165, 1.54) is 25.7 Å². The lowest BCUT2D eigenvalue weighted by Crippen LogP contribution is -2.38. The SMILES string of the molecule is C1CCC2(C1)OC[C@H](CNCCNC[C@H]1COC3(CCCC3)O1)O2. The molecule has 4 rings (SSSR count). The summed E-state index contributed by atoms with van der Waals surface area (Å²) < 4.78 is 24.0. The van der Waals surface area contributed by atoms with Gasteiger partial charge in [-0.05, 0) is 25.7 Å². The molecule has 0 aromatic heterocycles. The topological polar surface area (TPSA) is 61.0 Å². The number of ether oxygens (including phenoxy) is 4. The monoisotopic (exact) mass is 340 g/mol. The first-order chi connectivity index (χ1) is 11.8. The molecule has 2 saturated carbocycles. The second-order valence-corrected chi connectivity index (χ2v) is 7.75. The minimum absolute atomic E-state index is 0.205. The van der Waals surface area contributed by atoms with Crippen molar-refractivity contribution in [1.29, 1.82) is 0 Å². The molecule has 2 spiro atoms. The van der Waals surface area contributed by atoms with Gasteiger partial charge in [0.05, 0.1) is 25.4 Å². The van der Waals surface area contributed by atoms with Gasteiger partial charge in [-0.3, -0.25) is 0 Å². The van der Waals surface area contributed by atoms with Crippen molar-refractivity contribution < 1.29 is 18.9 Å². The van der Waals surface area contributed by atoms with E-state index in [1.54, 1.807) is 0 Å². The molecule has 2 atom stereocenters. The summed E-state index contributed by atoms with van der Waals surface area (Å²) in [6.45, 7) is 5.08.